The summed E-state index contributed by atoms with van der Waals surface area (Å²) < 4.78 is 6.10. The molecule has 2 aliphatic rings. The van der Waals surface area contributed by atoms with Crippen LogP contribution in [0.4, 0.5) is 0 Å². The molecule has 2 fully saturated rings. The van der Waals surface area contributed by atoms with Crippen molar-refractivity contribution >= 4 is 0 Å². The van der Waals surface area contributed by atoms with Gasteiger partial charge in [0.2, 0.25) is 0 Å². The third-order valence-electron chi connectivity index (χ3n) is 4.07. The van der Waals surface area contributed by atoms with Crippen LogP contribution in [-0.4, -0.2) is 35.7 Å². The maximum atomic E-state index is 6.10. The van der Waals surface area contributed by atoms with E-state index in [0.29, 0.717) is 6.10 Å². The lowest BCUT2D eigenvalue weighted by Gasteiger charge is -2.40. The fourth-order valence-electron chi connectivity index (χ4n) is 3.31. The highest BCUT2D eigenvalue weighted by atomic mass is 16.5. The predicted octanol–water partition coefficient (Wildman–Crippen LogP) is 3.60. The first-order chi connectivity index (χ1) is 8.04. The van der Waals surface area contributed by atoms with Crippen LogP contribution < -0.4 is 0 Å². The molecule has 100 valence electrons. The molecule has 0 atom stereocenters. The molecule has 0 spiro atoms. The summed E-state index contributed by atoms with van der Waals surface area (Å²) in [4.78, 5) is 2.73. The number of rotatable bonds is 2. The molecule has 2 nitrogen and oxygen atoms in total. The molecule has 1 aliphatic heterocycles. The molecular weight excluding hydrogens is 210 g/mol. The second kappa shape index (κ2) is 5.71. The molecule has 2 rings (SSSR count). The van der Waals surface area contributed by atoms with Gasteiger partial charge in [-0.15, -0.1) is 0 Å². The van der Waals surface area contributed by atoms with Crippen LogP contribution in [0.1, 0.15) is 65.7 Å². The van der Waals surface area contributed by atoms with Crippen LogP contribution in [0.15, 0.2) is 0 Å². The Morgan fingerprint density at radius 3 is 2.00 bits per heavy atom. The lowest BCUT2D eigenvalue weighted by Crippen LogP contribution is -2.43. The Morgan fingerprint density at radius 2 is 1.47 bits per heavy atom. The number of piperidine rings is 1. The highest BCUT2D eigenvalue weighted by molar-refractivity contribution is 4.82. The summed E-state index contributed by atoms with van der Waals surface area (Å²) in [6.45, 7) is 9.20. The van der Waals surface area contributed by atoms with Crippen LogP contribution in [0.25, 0.3) is 0 Å². The first-order valence-corrected chi connectivity index (χ1v) is 7.46. The van der Waals surface area contributed by atoms with E-state index in [1.165, 1.54) is 58.0 Å². The molecule has 0 amide bonds. The van der Waals surface area contributed by atoms with Crippen molar-refractivity contribution in [1.29, 1.82) is 0 Å². The second-order valence-electron chi connectivity index (χ2n) is 6.76. The molecule has 0 aromatic heterocycles. The van der Waals surface area contributed by atoms with Crippen molar-refractivity contribution in [3.05, 3.63) is 0 Å². The van der Waals surface area contributed by atoms with Gasteiger partial charge >= 0.3 is 0 Å². The van der Waals surface area contributed by atoms with Gasteiger partial charge in [-0.2, -0.15) is 0 Å². The second-order valence-corrected chi connectivity index (χ2v) is 6.76. The van der Waals surface area contributed by atoms with Crippen LogP contribution in [0.5, 0.6) is 0 Å². The fraction of sp³-hybridized carbons (Fsp3) is 1.00. The van der Waals surface area contributed by atoms with Gasteiger partial charge in [-0.05, 0) is 72.4 Å². The van der Waals surface area contributed by atoms with Crippen LogP contribution in [-0.2, 0) is 4.74 Å². The molecule has 1 saturated heterocycles. The SMILES string of the molecule is CC(C)(C)O[C@H]1CC[C@@H](N2CCCCC2)CC1. The van der Waals surface area contributed by atoms with Gasteiger partial charge < -0.3 is 9.64 Å². The Labute approximate surface area is 107 Å². The topological polar surface area (TPSA) is 12.5 Å². The number of hydrogen-bond acceptors (Lipinski definition) is 2. The average Bonchev–Trinajstić information content (AvgIpc) is 2.29. The molecule has 0 aromatic carbocycles. The molecule has 0 radical (unpaired) electrons. The molecule has 0 N–H and O–H groups in total. The first-order valence-electron chi connectivity index (χ1n) is 7.46. The fourth-order valence-corrected chi connectivity index (χ4v) is 3.31. The monoisotopic (exact) mass is 239 g/mol. The van der Waals surface area contributed by atoms with Gasteiger partial charge in [-0.25, -0.2) is 0 Å². The van der Waals surface area contributed by atoms with Gasteiger partial charge in [0.25, 0.3) is 0 Å². The summed E-state index contributed by atoms with van der Waals surface area (Å²) in [5.41, 5.74) is 0.0304. The van der Waals surface area contributed by atoms with E-state index >= 15 is 0 Å². The molecule has 17 heavy (non-hydrogen) atoms. The third kappa shape index (κ3) is 4.26. The standard InChI is InChI=1S/C15H29NO/c1-15(2,3)17-14-9-7-13(8-10-14)16-11-5-4-6-12-16/h13-14H,4-12H2,1-3H3/t13-,14+. The molecular formula is C15H29NO. The minimum Gasteiger partial charge on any atom is -0.373 e. The lowest BCUT2D eigenvalue weighted by atomic mass is 9.90. The van der Waals surface area contributed by atoms with Crippen LogP contribution in [0.2, 0.25) is 0 Å². The van der Waals surface area contributed by atoms with Crippen molar-refractivity contribution in [2.75, 3.05) is 13.1 Å². The van der Waals surface area contributed by atoms with E-state index in [4.69, 9.17) is 4.74 Å². The Bertz CT molecular complexity index is 220. The quantitative estimate of drug-likeness (QED) is 0.730. The number of likely N-dealkylation sites (tertiary alicyclic amines) is 1. The largest absolute Gasteiger partial charge is 0.373 e. The lowest BCUT2D eigenvalue weighted by molar-refractivity contribution is -0.0818. The van der Waals surface area contributed by atoms with Gasteiger partial charge in [0.1, 0.15) is 0 Å². The minimum absolute atomic E-state index is 0.0304. The number of nitrogens with zero attached hydrogens (tertiary/aromatic N) is 1. The van der Waals surface area contributed by atoms with E-state index in [1.54, 1.807) is 0 Å². The van der Waals surface area contributed by atoms with E-state index < -0.39 is 0 Å². The molecule has 0 unspecified atom stereocenters. The number of ether oxygens (including phenoxy) is 1. The molecule has 0 bridgehead atoms. The van der Waals surface area contributed by atoms with Crippen LogP contribution in [0, 0.1) is 0 Å². The Kier molecular flexibility index (Phi) is 4.48. The van der Waals surface area contributed by atoms with Crippen molar-refractivity contribution in [2.24, 2.45) is 0 Å². The molecule has 1 saturated carbocycles. The van der Waals surface area contributed by atoms with Crippen molar-refractivity contribution in [3.63, 3.8) is 0 Å². The van der Waals surface area contributed by atoms with E-state index in [0.717, 1.165) is 6.04 Å². The van der Waals surface area contributed by atoms with Crippen molar-refractivity contribution in [2.45, 2.75) is 83.5 Å². The van der Waals surface area contributed by atoms with Gasteiger partial charge in [0, 0.05) is 6.04 Å². The molecule has 0 aromatic rings. The molecule has 2 heteroatoms. The highest BCUT2D eigenvalue weighted by Crippen LogP contribution is 2.29. The maximum absolute atomic E-state index is 6.10. The Hall–Kier alpha value is -0.0800. The summed E-state index contributed by atoms with van der Waals surface area (Å²) in [7, 11) is 0. The minimum atomic E-state index is 0.0304. The maximum Gasteiger partial charge on any atom is 0.0602 e. The van der Waals surface area contributed by atoms with Crippen LogP contribution >= 0.6 is 0 Å². The van der Waals surface area contributed by atoms with E-state index in [1.807, 2.05) is 0 Å². The summed E-state index contributed by atoms with van der Waals surface area (Å²) in [6, 6.07) is 0.857. The van der Waals surface area contributed by atoms with Gasteiger partial charge in [-0.3, -0.25) is 0 Å². The first kappa shape index (κ1) is 13.4. The zero-order chi connectivity index (χ0) is 12.3. The van der Waals surface area contributed by atoms with Crippen molar-refractivity contribution in [3.8, 4) is 0 Å². The summed E-state index contributed by atoms with van der Waals surface area (Å²) in [6.07, 6.45) is 10.0. The number of hydrogen-bond donors (Lipinski definition) is 0. The average molecular weight is 239 g/mol. The molecule has 1 heterocycles. The van der Waals surface area contributed by atoms with Crippen LogP contribution in [0.3, 0.4) is 0 Å². The smallest absolute Gasteiger partial charge is 0.0602 e. The van der Waals surface area contributed by atoms with Crippen molar-refractivity contribution < 1.29 is 4.74 Å². The Morgan fingerprint density at radius 1 is 0.882 bits per heavy atom. The summed E-state index contributed by atoms with van der Waals surface area (Å²) >= 11 is 0. The zero-order valence-electron chi connectivity index (χ0n) is 11.9. The third-order valence-corrected chi connectivity index (χ3v) is 4.07. The van der Waals surface area contributed by atoms with Gasteiger partial charge in [0.15, 0.2) is 0 Å². The zero-order valence-corrected chi connectivity index (χ0v) is 11.9. The van der Waals surface area contributed by atoms with Crippen molar-refractivity contribution in [1.82, 2.24) is 4.90 Å². The predicted molar refractivity (Wildman–Crippen MR) is 72.3 cm³/mol. The van der Waals surface area contributed by atoms with E-state index in [2.05, 4.69) is 25.7 Å². The van der Waals surface area contributed by atoms with E-state index in [-0.39, 0.29) is 5.60 Å². The highest BCUT2D eigenvalue weighted by Gasteiger charge is 2.28. The van der Waals surface area contributed by atoms with Gasteiger partial charge in [0.05, 0.1) is 11.7 Å². The molecule has 1 aliphatic carbocycles. The normalized spacial score (nSPS) is 32.6. The summed E-state index contributed by atoms with van der Waals surface area (Å²) in [5.74, 6) is 0. The summed E-state index contributed by atoms with van der Waals surface area (Å²) in [5, 5.41) is 0. The van der Waals surface area contributed by atoms with Gasteiger partial charge in [-0.1, -0.05) is 6.42 Å². The van der Waals surface area contributed by atoms with E-state index in [9.17, 15) is 0 Å². The Balaban J connectivity index is 1.73.